The zero-order valence-corrected chi connectivity index (χ0v) is 22.9. The number of carbonyl (C=O) groups excluding carboxylic acids is 1. The molecule has 2 bridgehead atoms. The van der Waals surface area contributed by atoms with E-state index in [0.29, 0.717) is 35.8 Å². The maximum Gasteiger partial charge on any atom is 0.256 e. The number of carbonyl (C=O) groups is 1. The van der Waals surface area contributed by atoms with Gasteiger partial charge >= 0.3 is 0 Å². The number of sulfonamides is 1. The van der Waals surface area contributed by atoms with E-state index in [9.17, 15) is 13.2 Å². The molecule has 2 aromatic heterocycles. The van der Waals surface area contributed by atoms with Gasteiger partial charge in [0.15, 0.2) is 5.65 Å². The monoisotopic (exact) mass is 537 g/mol. The van der Waals surface area contributed by atoms with Crippen LogP contribution in [0.15, 0.2) is 30.5 Å². The zero-order chi connectivity index (χ0) is 26.6. The quantitative estimate of drug-likeness (QED) is 0.441. The predicted molar refractivity (Wildman–Crippen MR) is 147 cm³/mol. The van der Waals surface area contributed by atoms with Crippen LogP contribution in [0, 0.1) is 19.8 Å². The van der Waals surface area contributed by atoms with Crippen molar-refractivity contribution in [3.63, 3.8) is 0 Å². The van der Waals surface area contributed by atoms with Gasteiger partial charge in [0.05, 0.1) is 29.2 Å². The molecule has 3 fully saturated rings. The summed E-state index contributed by atoms with van der Waals surface area (Å²) in [7, 11) is -3.53. The molecule has 0 spiro atoms. The first-order valence-electron chi connectivity index (χ1n) is 13.4. The van der Waals surface area contributed by atoms with Crippen LogP contribution in [0.4, 0.5) is 11.5 Å². The van der Waals surface area contributed by atoms with Crippen molar-refractivity contribution in [3.8, 4) is 0 Å². The number of amides is 1. The Morgan fingerprint density at radius 3 is 2.74 bits per heavy atom. The fourth-order valence-electron chi connectivity index (χ4n) is 6.29. The summed E-state index contributed by atoms with van der Waals surface area (Å²) < 4.78 is 28.2. The highest BCUT2D eigenvalue weighted by Gasteiger charge is 2.39. The fraction of sp³-hybridized carbons (Fsp3) is 0.519. The van der Waals surface area contributed by atoms with E-state index in [1.807, 2.05) is 31.0 Å². The standard InChI is InChI=1S/C27H35N7O3S/c1-16-7-8-21(32-38(3,36)37)20(10-16)27(35)33-9-5-4-6-24(33)23-13-25-30-26(17(2)15-34(25)31-23)29-22-12-19-11-18(22)14-28-19/h7-8,10,13,15,18-19,22,24,28,32H,4-6,9,11-12,14H2,1-3H3,(H,29,30)/t18-,19-,22+,24+/m1/s1. The van der Waals surface area contributed by atoms with Gasteiger partial charge in [0.1, 0.15) is 5.82 Å². The predicted octanol–water partition coefficient (Wildman–Crippen LogP) is 3.25. The lowest BCUT2D eigenvalue weighted by atomic mass is 9.97. The van der Waals surface area contributed by atoms with Gasteiger partial charge in [0.2, 0.25) is 10.0 Å². The van der Waals surface area contributed by atoms with Crippen LogP contribution >= 0.6 is 0 Å². The first kappa shape index (κ1) is 25.1. The van der Waals surface area contributed by atoms with Crippen LogP contribution in [-0.2, 0) is 10.0 Å². The van der Waals surface area contributed by atoms with Gasteiger partial charge in [-0.1, -0.05) is 11.6 Å². The molecule has 1 aliphatic carbocycles. The van der Waals surface area contributed by atoms with Gasteiger partial charge in [-0.15, -0.1) is 0 Å². The number of nitrogens with zero attached hydrogens (tertiary/aromatic N) is 4. The summed E-state index contributed by atoms with van der Waals surface area (Å²) in [6, 6.07) is 8.02. The number of aromatic nitrogens is 3. The molecule has 0 radical (unpaired) electrons. The minimum absolute atomic E-state index is 0.196. The molecule has 2 saturated heterocycles. The molecule has 1 aromatic carbocycles. The van der Waals surface area contributed by atoms with Crippen molar-refractivity contribution in [2.24, 2.45) is 5.92 Å². The third-order valence-electron chi connectivity index (χ3n) is 8.14. The van der Waals surface area contributed by atoms with E-state index < -0.39 is 10.0 Å². The van der Waals surface area contributed by atoms with Crippen molar-refractivity contribution in [3.05, 3.63) is 52.8 Å². The molecule has 1 amide bonds. The van der Waals surface area contributed by atoms with Crippen LogP contribution in [0.25, 0.3) is 5.65 Å². The molecule has 3 aromatic rings. The van der Waals surface area contributed by atoms with Crippen LogP contribution < -0.4 is 15.4 Å². The fourth-order valence-corrected chi connectivity index (χ4v) is 6.86. The number of aryl methyl sites for hydroxylation is 2. The average Bonchev–Trinajstić information content (AvgIpc) is 3.60. The molecular formula is C27H35N7O3S. The van der Waals surface area contributed by atoms with Crippen molar-refractivity contribution >= 4 is 33.1 Å². The number of rotatable bonds is 6. The highest BCUT2D eigenvalue weighted by atomic mass is 32.2. The number of anilines is 2. The van der Waals surface area contributed by atoms with Crippen LogP contribution in [0.1, 0.15) is 65.3 Å². The molecule has 38 heavy (non-hydrogen) atoms. The van der Waals surface area contributed by atoms with Crippen molar-refractivity contribution in [2.45, 2.75) is 64.1 Å². The van der Waals surface area contributed by atoms with E-state index in [-0.39, 0.29) is 11.9 Å². The number of benzene rings is 1. The Morgan fingerprint density at radius 2 is 2.00 bits per heavy atom. The second kappa shape index (κ2) is 9.53. The number of fused-ring (bicyclic) bond motifs is 3. The molecule has 1 saturated carbocycles. The van der Waals surface area contributed by atoms with Crippen LogP contribution in [0.3, 0.4) is 0 Å². The second-order valence-electron chi connectivity index (χ2n) is 11.2. The van der Waals surface area contributed by atoms with Gasteiger partial charge in [0, 0.05) is 43.0 Å². The summed E-state index contributed by atoms with van der Waals surface area (Å²) in [6.07, 6.45) is 8.11. The van der Waals surface area contributed by atoms with E-state index in [4.69, 9.17) is 10.1 Å². The Hall–Kier alpha value is -3.18. The Bertz CT molecular complexity index is 1500. The summed E-state index contributed by atoms with van der Waals surface area (Å²) in [5.74, 6) is 1.34. The highest BCUT2D eigenvalue weighted by molar-refractivity contribution is 7.92. The average molecular weight is 538 g/mol. The molecule has 202 valence electrons. The largest absolute Gasteiger partial charge is 0.367 e. The Kier molecular flexibility index (Phi) is 6.30. The van der Waals surface area contributed by atoms with Crippen molar-refractivity contribution in [1.82, 2.24) is 24.8 Å². The Morgan fingerprint density at radius 1 is 1.16 bits per heavy atom. The van der Waals surface area contributed by atoms with Crippen LogP contribution in [0.5, 0.6) is 0 Å². The molecule has 3 N–H and O–H groups in total. The molecule has 6 rings (SSSR count). The first-order valence-corrected chi connectivity index (χ1v) is 15.3. The van der Waals surface area contributed by atoms with Gasteiger partial charge in [-0.05, 0) is 64.0 Å². The third-order valence-corrected chi connectivity index (χ3v) is 8.73. The number of nitrogens with one attached hydrogen (secondary N) is 3. The van der Waals surface area contributed by atoms with Crippen molar-refractivity contribution < 1.29 is 13.2 Å². The molecular weight excluding hydrogens is 502 g/mol. The normalized spacial score (nSPS) is 25.2. The Balaban J connectivity index is 1.29. The number of piperidine rings is 2. The third kappa shape index (κ3) is 4.84. The number of hydrogen-bond acceptors (Lipinski definition) is 7. The Labute approximate surface area is 223 Å². The van der Waals surface area contributed by atoms with Crippen molar-refractivity contribution in [1.29, 1.82) is 0 Å². The van der Waals surface area contributed by atoms with E-state index in [1.165, 1.54) is 6.42 Å². The van der Waals surface area contributed by atoms with Crippen LogP contribution in [0.2, 0.25) is 0 Å². The van der Waals surface area contributed by atoms with Gasteiger partial charge in [-0.3, -0.25) is 9.52 Å². The minimum Gasteiger partial charge on any atom is -0.367 e. The minimum atomic E-state index is -3.53. The molecule has 4 heterocycles. The molecule has 10 nitrogen and oxygen atoms in total. The maximum atomic E-state index is 13.8. The summed E-state index contributed by atoms with van der Waals surface area (Å²) in [5, 5.41) is 12.1. The summed E-state index contributed by atoms with van der Waals surface area (Å²) >= 11 is 0. The molecule has 3 aliphatic rings. The van der Waals surface area contributed by atoms with Gasteiger partial charge in [-0.25, -0.2) is 17.9 Å². The number of hydrogen-bond donors (Lipinski definition) is 3. The lowest BCUT2D eigenvalue weighted by Gasteiger charge is -2.35. The first-order chi connectivity index (χ1) is 18.1. The van der Waals surface area contributed by atoms with E-state index in [1.54, 1.807) is 22.7 Å². The second-order valence-corrected chi connectivity index (χ2v) is 12.9. The van der Waals surface area contributed by atoms with Gasteiger partial charge in [0.25, 0.3) is 5.91 Å². The lowest BCUT2D eigenvalue weighted by molar-refractivity contribution is 0.0606. The van der Waals surface area contributed by atoms with Crippen LogP contribution in [-0.4, -0.2) is 65.3 Å². The topological polar surface area (TPSA) is 121 Å². The summed E-state index contributed by atoms with van der Waals surface area (Å²) in [6.45, 7) is 5.59. The molecule has 0 unspecified atom stereocenters. The van der Waals surface area contributed by atoms with Gasteiger partial charge < -0.3 is 15.5 Å². The SMILES string of the molecule is Cc1ccc(NS(C)(=O)=O)c(C(=O)N2CCCC[C@H]2c2cc3nc(N[C@H]4C[C@H]5C[C@@H]4CN5)c(C)cn3n2)c1. The molecule has 2 aliphatic heterocycles. The number of likely N-dealkylation sites (tertiary alicyclic amines) is 1. The van der Waals surface area contributed by atoms with E-state index in [2.05, 4.69) is 15.4 Å². The van der Waals surface area contributed by atoms with Crippen molar-refractivity contribution in [2.75, 3.05) is 29.4 Å². The lowest BCUT2D eigenvalue weighted by Crippen LogP contribution is -2.39. The highest BCUT2D eigenvalue weighted by Crippen LogP contribution is 2.35. The zero-order valence-electron chi connectivity index (χ0n) is 22.1. The molecule has 11 heteroatoms. The maximum absolute atomic E-state index is 13.8. The summed E-state index contributed by atoms with van der Waals surface area (Å²) in [5.41, 5.74) is 4.13. The summed E-state index contributed by atoms with van der Waals surface area (Å²) in [4.78, 5) is 20.6. The van der Waals surface area contributed by atoms with Gasteiger partial charge in [-0.2, -0.15) is 5.10 Å². The van der Waals surface area contributed by atoms with E-state index >= 15 is 0 Å². The molecule has 4 atom stereocenters. The smallest absolute Gasteiger partial charge is 0.256 e. The van der Waals surface area contributed by atoms with E-state index in [0.717, 1.165) is 66.8 Å².